The van der Waals surface area contributed by atoms with Crippen LogP contribution in [0.5, 0.6) is 0 Å². The van der Waals surface area contributed by atoms with Gasteiger partial charge in [0.15, 0.2) is 0 Å². The van der Waals surface area contributed by atoms with Crippen LogP contribution in [0.25, 0.3) is 11.3 Å². The number of nitrogens with zero attached hydrogens (tertiary/aromatic N) is 2. The molecule has 0 aliphatic rings. The summed E-state index contributed by atoms with van der Waals surface area (Å²) in [6.07, 6.45) is 0. The number of carbonyl (C=O) groups is 1. The molecule has 1 N–H and O–H groups in total. The van der Waals surface area contributed by atoms with Crippen molar-refractivity contribution < 1.29 is 13.6 Å². The van der Waals surface area contributed by atoms with E-state index in [1.165, 1.54) is 61.5 Å². The number of anilines is 1. The van der Waals surface area contributed by atoms with E-state index in [0.717, 1.165) is 4.68 Å². The van der Waals surface area contributed by atoms with Gasteiger partial charge in [0.25, 0.3) is 5.56 Å². The average Bonchev–Trinajstić information content (AvgIpc) is 2.62. The number of benzene rings is 2. The minimum absolute atomic E-state index is 0.282. The highest BCUT2D eigenvalue weighted by atomic mass is 19.1. The predicted molar refractivity (Wildman–Crippen MR) is 93.6 cm³/mol. The van der Waals surface area contributed by atoms with Gasteiger partial charge < -0.3 is 5.32 Å². The lowest BCUT2D eigenvalue weighted by atomic mass is 10.1. The molecule has 0 saturated heterocycles. The van der Waals surface area contributed by atoms with Crippen LogP contribution in [0.3, 0.4) is 0 Å². The number of rotatable bonds is 4. The van der Waals surface area contributed by atoms with Crippen LogP contribution in [-0.2, 0) is 4.79 Å². The fourth-order valence-electron chi connectivity index (χ4n) is 2.40. The van der Waals surface area contributed by atoms with Crippen molar-refractivity contribution in [3.8, 4) is 11.3 Å². The molecule has 0 aliphatic carbocycles. The molecule has 3 rings (SSSR count). The Hall–Kier alpha value is -3.35. The minimum atomic E-state index is -0.925. The number of hydrogen-bond donors (Lipinski definition) is 1. The zero-order valence-electron chi connectivity index (χ0n) is 13.8. The Morgan fingerprint density at radius 2 is 1.77 bits per heavy atom. The fraction of sp³-hybridized carbons (Fsp3) is 0.105. The van der Waals surface area contributed by atoms with E-state index in [1.54, 1.807) is 6.07 Å². The molecule has 1 unspecified atom stereocenters. The normalized spacial score (nSPS) is 11.8. The van der Waals surface area contributed by atoms with Gasteiger partial charge in [0.05, 0.1) is 5.69 Å². The van der Waals surface area contributed by atoms with Crippen LogP contribution < -0.4 is 10.9 Å². The standard InChI is InChI=1S/C19H15F2N3O2/c1-12(19(26)22-16-4-2-3-15(21)11-16)24-18(25)10-9-17(23-24)13-5-7-14(20)8-6-13/h2-12H,1H3,(H,22,26). The first-order valence-corrected chi connectivity index (χ1v) is 7.86. The Balaban J connectivity index is 1.87. The van der Waals surface area contributed by atoms with Crippen molar-refractivity contribution in [1.29, 1.82) is 0 Å². The monoisotopic (exact) mass is 355 g/mol. The first-order chi connectivity index (χ1) is 12.4. The Bertz CT molecular complexity index is 1000. The van der Waals surface area contributed by atoms with E-state index in [0.29, 0.717) is 11.3 Å². The fourth-order valence-corrected chi connectivity index (χ4v) is 2.40. The summed E-state index contributed by atoms with van der Waals surface area (Å²) in [5.41, 5.74) is 0.857. The minimum Gasteiger partial charge on any atom is -0.324 e. The van der Waals surface area contributed by atoms with Gasteiger partial charge in [-0.1, -0.05) is 6.07 Å². The van der Waals surface area contributed by atoms with Crippen LogP contribution in [0.4, 0.5) is 14.5 Å². The van der Waals surface area contributed by atoms with E-state index in [-0.39, 0.29) is 11.5 Å². The molecule has 0 radical (unpaired) electrons. The van der Waals surface area contributed by atoms with Gasteiger partial charge in [-0.15, -0.1) is 0 Å². The van der Waals surface area contributed by atoms with Crippen LogP contribution in [0, 0.1) is 11.6 Å². The van der Waals surface area contributed by atoms with Gasteiger partial charge >= 0.3 is 0 Å². The molecule has 2 aromatic carbocycles. The molecule has 0 bridgehead atoms. The van der Waals surface area contributed by atoms with Gasteiger partial charge in [-0.3, -0.25) is 9.59 Å². The summed E-state index contributed by atoms with van der Waals surface area (Å²) in [4.78, 5) is 24.5. The summed E-state index contributed by atoms with van der Waals surface area (Å²) in [6, 6.07) is 12.9. The largest absolute Gasteiger partial charge is 0.324 e. The third-order valence-corrected chi connectivity index (χ3v) is 3.80. The van der Waals surface area contributed by atoms with Crippen molar-refractivity contribution in [1.82, 2.24) is 9.78 Å². The van der Waals surface area contributed by atoms with Crippen molar-refractivity contribution in [2.45, 2.75) is 13.0 Å². The number of halogens is 2. The lowest BCUT2D eigenvalue weighted by Gasteiger charge is -2.15. The molecule has 1 amide bonds. The second-order valence-corrected chi connectivity index (χ2v) is 5.68. The van der Waals surface area contributed by atoms with Crippen molar-refractivity contribution in [2.24, 2.45) is 0 Å². The molecule has 0 fully saturated rings. The van der Waals surface area contributed by atoms with Crippen LogP contribution in [0.1, 0.15) is 13.0 Å². The first-order valence-electron chi connectivity index (χ1n) is 7.86. The van der Waals surface area contributed by atoms with Crippen molar-refractivity contribution in [3.63, 3.8) is 0 Å². The molecule has 1 heterocycles. The lowest BCUT2D eigenvalue weighted by Crippen LogP contribution is -2.33. The molecule has 132 valence electrons. The first kappa shape index (κ1) is 17.5. The summed E-state index contributed by atoms with van der Waals surface area (Å²) in [7, 11) is 0. The smallest absolute Gasteiger partial charge is 0.267 e. The highest BCUT2D eigenvalue weighted by molar-refractivity contribution is 5.93. The second-order valence-electron chi connectivity index (χ2n) is 5.68. The van der Waals surface area contributed by atoms with Crippen LogP contribution in [-0.4, -0.2) is 15.7 Å². The Kier molecular flexibility index (Phi) is 4.88. The Morgan fingerprint density at radius 3 is 2.46 bits per heavy atom. The molecule has 26 heavy (non-hydrogen) atoms. The maximum atomic E-state index is 13.2. The third kappa shape index (κ3) is 3.83. The van der Waals surface area contributed by atoms with E-state index >= 15 is 0 Å². The zero-order valence-corrected chi connectivity index (χ0v) is 13.8. The molecule has 1 atom stereocenters. The number of nitrogens with one attached hydrogen (secondary N) is 1. The molecule has 3 aromatic rings. The van der Waals surface area contributed by atoms with Gasteiger partial charge in [0.1, 0.15) is 17.7 Å². The van der Waals surface area contributed by atoms with Gasteiger partial charge in [-0.05, 0) is 55.5 Å². The lowest BCUT2D eigenvalue weighted by molar-refractivity contribution is -0.119. The van der Waals surface area contributed by atoms with Gasteiger partial charge in [-0.2, -0.15) is 5.10 Å². The number of carbonyl (C=O) groups excluding carboxylic acids is 1. The SMILES string of the molecule is CC(C(=O)Nc1cccc(F)c1)n1nc(-c2ccc(F)cc2)ccc1=O. The zero-order chi connectivity index (χ0) is 18.7. The summed E-state index contributed by atoms with van der Waals surface area (Å²) in [5, 5.41) is 6.75. The van der Waals surface area contributed by atoms with Gasteiger partial charge in [0.2, 0.25) is 5.91 Å². The van der Waals surface area contributed by atoms with Crippen LogP contribution >= 0.6 is 0 Å². The Labute approximate surface area is 147 Å². The topological polar surface area (TPSA) is 64.0 Å². The van der Waals surface area contributed by atoms with Crippen molar-refractivity contribution in [3.05, 3.63) is 82.7 Å². The molecular weight excluding hydrogens is 340 g/mol. The number of aromatic nitrogens is 2. The molecule has 0 aliphatic heterocycles. The van der Waals surface area contributed by atoms with Crippen molar-refractivity contribution >= 4 is 11.6 Å². The van der Waals surface area contributed by atoms with E-state index in [1.807, 2.05) is 0 Å². The summed E-state index contributed by atoms with van der Waals surface area (Å²) in [6.45, 7) is 1.51. The predicted octanol–water partition coefficient (Wildman–Crippen LogP) is 3.39. The van der Waals surface area contributed by atoms with E-state index < -0.39 is 23.3 Å². The van der Waals surface area contributed by atoms with Crippen LogP contribution in [0.2, 0.25) is 0 Å². The highest BCUT2D eigenvalue weighted by Gasteiger charge is 2.18. The molecular formula is C19H15F2N3O2. The highest BCUT2D eigenvalue weighted by Crippen LogP contribution is 2.17. The molecule has 7 heteroatoms. The van der Waals surface area contributed by atoms with Crippen molar-refractivity contribution in [2.75, 3.05) is 5.32 Å². The number of hydrogen-bond acceptors (Lipinski definition) is 3. The van der Waals surface area contributed by atoms with E-state index in [4.69, 9.17) is 0 Å². The molecule has 0 spiro atoms. The summed E-state index contributed by atoms with van der Waals surface area (Å²) >= 11 is 0. The van der Waals surface area contributed by atoms with Gasteiger partial charge in [-0.25, -0.2) is 13.5 Å². The molecule has 5 nitrogen and oxygen atoms in total. The van der Waals surface area contributed by atoms with E-state index in [2.05, 4.69) is 10.4 Å². The Morgan fingerprint density at radius 1 is 1.04 bits per heavy atom. The summed E-state index contributed by atoms with van der Waals surface area (Å²) < 4.78 is 27.3. The summed E-state index contributed by atoms with van der Waals surface area (Å²) in [5.74, 6) is -1.38. The average molecular weight is 355 g/mol. The maximum Gasteiger partial charge on any atom is 0.267 e. The van der Waals surface area contributed by atoms with Crippen LogP contribution in [0.15, 0.2) is 65.5 Å². The molecule has 1 aromatic heterocycles. The molecule has 0 saturated carbocycles. The van der Waals surface area contributed by atoms with E-state index in [9.17, 15) is 18.4 Å². The second kappa shape index (κ2) is 7.26. The van der Waals surface area contributed by atoms with Gasteiger partial charge in [0, 0.05) is 17.3 Å². The number of amides is 1. The quantitative estimate of drug-likeness (QED) is 0.780. The maximum absolute atomic E-state index is 13.2. The third-order valence-electron chi connectivity index (χ3n) is 3.80.